The number of rotatable bonds is 13. The number of aryl methyl sites for hydroxylation is 2. The van der Waals surface area contributed by atoms with Gasteiger partial charge in [0.05, 0.1) is 12.5 Å². The zero-order valence-corrected chi connectivity index (χ0v) is 24.8. The number of aromatic nitrogens is 1. The molecule has 3 N–H and O–H groups in total. The standard InChI is InChI=1S/C28H35Cl2N5O4S/c1-2-39-28(38)24(34-27(37)19-16-35(17-19)40-23-13-20(29)12-21(30)14-23)15-32-25(36)8-4-3-7-22-10-9-18-6-5-11-31-26(18)33-22/h9-10,12-14,19,24H,2-8,11,15-17H2,1H3,(H,31,33)(H,32,36)(H,34,37). The number of hydrogen-bond acceptors (Lipinski definition) is 8. The molecular formula is C28H35Cl2N5O4S. The van der Waals surface area contributed by atoms with Crippen molar-refractivity contribution < 1.29 is 19.1 Å². The SMILES string of the molecule is CCOC(=O)C(CNC(=O)CCCCc1ccc2c(n1)NCCC2)NC(=O)C1CN(Sc2cc(Cl)cc(Cl)c2)C1. The highest BCUT2D eigenvalue weighted by Gasteiger charge is 2.35. The molecule has 2 amide bonds. The van der Waals surface area contributed by atoms with E-state index in [2.05, 4.69) is 28.1 Å². The highest BCUT2D eigenvalue weighted by molar-refractivity contribution is 7.97. The van der Waals surface area contributed by atoms with Crippen molar-refractivity contribution in [3.63, 3.8) is 0 Å². The number of nitrogens with one attached hydrogen (secondary N) is 3. The summed E-state index contributed by atoms with van der Waals surface area (Å²) in [7, 11) is 0. The van der Waals surface area contributed by atoms with Gasteiger partial charge in [0.15, 0.2) is 0 Å². The first kappa shape index (κ1) is 30.4. The fourth-order valence-electron chi connectivity index (χ4n) is 4.54. The number of amides is 2. The van der Waals surface area contributed by atoms with Crippen LogP contribution in [0.2, 0.25) is 10.0 Å². The van der Waals surface area contributed by atoms with E-state index in [-0.39, 0.29) is 30.9 Å². The second kappa shape index (κ2) is 14.9. The number of hydrogen-bond donors (Lipinski definition) is 3. The molecule has 1 aromatic heterocycles. The van der Waals surface area contributed by atoms with Crippen LogP contribution in [0, 0.1) is 5.92 Å². The lowest BCUT2D eigenvalue weighted by atomic mass is 10.0. The van der Waals surface area contributed by atoms with E-state index in [9.17, 15) is 14.4 Å². The van der Waals surface area contributed by atoms with Gasteiger partial charge < -0.3 is 20.7 Å². The van der Waals surface area contributed by atoms with E-state index in [1.54, 1.807) is 13.0 Å². The van der Waals surface area contributed by atoms with Gasteiger partial charge in [-0.3, -0.25) is 9.59 Å². The largest absolute Gasteiger partial charge is 0.464 e. The number of pyridine rings is 1. The Bertz CT molecular complexity index is 1190. The van der Waals surface area contributed by atoms with Gasteiger partial charge in [0.2, 0.25) is 11.8 Å². The lowest BCUT2D eigenvalue weighted by Gasteiger charge is -2.37. The molecule has 3 heterocycles. The summed E-state index contributed by atoms with van der Waals surface area (Å²) in [6.07, 6.45) is 4.83. The fraction of sp³-hybridized carbons (Fsp3) is 0.500. The summed E-state index contributed by atoms with van der Waals surface area (Å²) < 4.78 is 7.14. The Morgan fingerprint density at radius 1 is 1.18 bits per heavy atom. The molecule has 0 saturated carbocycles. The average molecular weight is 609 g/mol. The molecule has 0 spiro atoms. The van der Waals surface area contributed by atoms with Gasteiger partial charge >= 0.3 is 5.97 Å². The van der Waals surface area contributed by atoms with E-state index in [0.717, 1.165) is 48.6 Å². The maximum Gasteiger partial charge on any atom is 0.330 e. The second-order valence-electron chi connectivity index (χ2n) is 9.91. The molecule has 40 heavy (non-hydrogen) atoms. The summed E-state index contributed by atoms with van der Waals surface area (Å²) in [4.78, 5) is 43.3. The second-order valence-corrected chi connectivity index (χ2v) is 11.9. The number of unbranched alkanes of at least 4 members (excludes halogenated alkanes) is 1. The summed E-state index contributed by atoms with van der Waals surface area (Å²) in [5.74, 6) is -0.284. The number of ether oxygens (including phenoxy) is 1. The molecule has 1 saturated heterocycles. The van der Waals surface area contributed by atoms with Gasteiger partial charge in [0, 0.05) is 53.2 Å². The Hall–Kier alpha value is -2.53. The Balaban J connectivity index is 1.17. The maximum atomic E-state index is 12.8. The Kier molecular flexibility index (Phi) is 11.3. The summed E-state index contributed by atoms with van der Waals surface area (Å²) >= 11 is 13.6. The van der Waals surface area contributed by atoms with Crippen molar-refractivity contribution >= 4 is 58.8 Å². The van der Waals surface area contributed by atoms with Crippen molar-refractivity contribution in [1.29, 1.82) is 0 Å². The van der Waals surface area contributed by atoms with Gasteiger partial charge in [-0.1, -0.05) is 29.3 Å². The van der Waals surface area contributed by atoms with Gasteiger partial charge in [-0.05, 0) is 80.8 Å². The van der Waals surface area contributed by atoms with Crippen molar-refractivity contribution in [2.75, 3.05) is 38.1 Å². The molecule has 2 aromatic rings. The minimum Gasteiger partial charge on any atom is -0.464 e. The quantitative estimate of drug-likeness (QED) is 0.176. The number of carbonyl (C=O) groups is 3. The molecule has 1 atom stereocenters. The summed E-state index contributed by atoms with van der Waals surface area (Å²) in [5.41, 5.74) is 2.28. The first-order valence-corrected chi connectivity index (χ1v) is 15.2. The van der Waals surface area contributed by atoms with Crippen LogP contribution < -0.4 is 16.0 Å². The molecule has 2 aliphatic rings. The van der Waals surface area contributed by atoms with E-state index in [1.165, 1.54) is 17.5 Å². The van der Waals surface area contributed by atoms with Crippen LogP contribution in [0.1, 0.15) is 43.9 Å². The molecule has 12 heteroatoms. The van der Waals surface area contributed by atoms with Gasteiger partial charge in [-0.25, -0.2) is 14.1 Å². The van der Waals surface area contributed by atoms with Crippen LogP contribution in [0.3, 0.4) is 0 Å². The highest BCUT2D eigenvalue weighted by Crippen LogP contribution is 2.33. The molecule has 4 rings (SSSR count). The Morgan fingerprint density at radius 2 is 1.95 bits per heavy atom. The van der Waals surface area contributed by atoms with Gasteiger partial charge in [0.1, 0.15) is 11.9 Å². The van der Waals surface area contributed by atoms with Crippen LogP contribution in [0.5, 0.6) is 0 Å². The van der Waals surface area contributed by atoms with Gasteiger partial charge in [-0.15, -0.1) is 0 Å². The maximum absolute atomic E-state index is 12.8. The van der Waals surface area contributed by atoms with E-state index >= 15 is 0 Å². The molecule has 1 aromatic carbocycles. The normalized spacial score (nSPS) is 15.8. The third-order valence-electron chi connectivity index (χ3n) is 6.72. The monoisotopic (exact) mass is 607 g/mol. The average Bonchev–Trinajstić information content (AvgIpc) is 2.90. The predicted octanol–water partition coefficient (Wildman–Crippen LogP) is 4.26. The van der Waals surface area contributed by atoms with E-state index in [1.807, 2.05) is 16.4 Å². The van der Waals surface area contributed by atoms with Crippen molar-refractivity contribution in [1.82, 2.24) is 19.9 Å². The van der Waals surface area contributed by atoms with Gasteiger partial charge in [-0.2, -0.15) is 0 Å². The van der Waals surface area contributed by atoms with Crippen molar-refractivity contribution in [2.45, 2.75) is 56.4 Å². The number of anilines is 1. The fourth-order valence-corrected chi connectivity index (χ4v) is 6.36. The smallest absolute Gasteiger partial charge is 0.330 e. The van der Waals surface area contributed by atoms with Crippen LogP contribution in [-0.4, -0.2) is 65.9 Å². The lowest BCUT2D eigenvalue weighted by molar-refractivity contribution is -0.148. The molecule has 1 unspecified atom stereocenters. The van der Waals surface area contributed by atoms with E-state index < -0.39 is 12.0 Å². The molecule has 9 nitrogen and oxygen atoms in total. The van der Waals surface area contributed by atoms with Crippen LogP contribution >= 0.6 is 35.1 Å². The number of nitrogens with zero attached hydrogens (tertiary/aromatic N) is 2. The summed E-state index contributed by atoms with van der Waals surface area (Å²) in [5, 5.41) is 9.97. The van der Waals surface area contributed by atoms with Crippen LogP contribution in [-0.2, 0) is 32.0 Å². The number of fused-ring (bicyclic) bond motifs is 1. The number of benzene rings is 1. The molecule has 0 radical (unpaired) electrons. The first-order chi connectivity index (χ1) is 19.3. The molecule has 0 bridgehead atoms. The van der Waals surface area contributed by atoms with Crippen LogP contribution in [0.15, 0.2) is 35.2 Å². The Labute approximate surface area is 249 Å². The summed E-state index contributed by atoms with van der Waals surface area (Å²) in [6, 6.07) is 8.54. The molecule has 2 aliphatic heterocycles. The number of halogens is 2. The van der Waals surface area contributed by atoms with Crippen molar-refractivity contribution in [3.05, 3.63) is 51.6 Å². The van der Waals surface area contributed by atoms with E-state index in [4.69, 9.17) is 32.9 Å². The number of carbonyl (C=O) groups excluding carboxylic acids is 3. The van der Waals surface area contributed by atoms with Crippen LogP contribution in [0.4, 0.5) is 5.82 Å². The topological polar surface area (TPSA) is 113 Å². The van der Waals surface area contributed by atoms with Crippen LogP contribution in [0.25, 0.3) is 0 Å². The minimum absolute atomic E-state index is 0.0202. The number of esters is 1. The zero-order valence-electron chi connectivity index (χ0n) is 22.5. The first-order valence-electron chi connectivity index (χ1n) is 13.7. The lowest BCUT2D eigenvalue weighted by Crippen LogP contribution is -2.56. The zero-order chi connectivity index (χ0) is 28.5. The molecule has 1 fully saturated rings. The third-order valence-corrected chi connectivity index (χ3v) is 8.16. The Morgan fingerprint density at radius 3 is 2.70 bits per heavy atom. The summed E-state index contributed by atoms with van der Waals surface area (Å²) in [6.45, 7) is 3.84. The van der Waals surface area contributed by atoms with Crippen molar-refractivity contribution in [2.24, 2.45) is 5.92 Å². The van der Waals surface area contributed by atoms with Crippen molar-refractivity contribution in [3.8, 4) is 0 Å². The molecule has 216 valence electrons. The van der Waals surface area contributed by atoms with E-state index in [0.29, 0.717) is 36.0 Å². The predicted molar refractivity (Wildman–Crippen MR) is 158 cm³/mol. The third kappa shape index (κ3) is 8.99. The molecular weight excluding hydrogens is 573 g/mol. The van der Waals surface area contributed by atoms with Gasteiger partial charge in [0.25, 0.3) is 0 Å². The molecule has 0 aliphatic carbocycles. The minimum atomic E-state index is -0.947. The highest BCUT2D eigenvalue weighted by atomic mass is 35.5.